The number of sulfonamides is 1. The lowest BCUT2D eigenvalue weighted by Crippen LogP contribution is -2.27. The number of rotatable bonds is 10. The van der Waals surface area contributed by atoms with E-state index in [1.165, 1.54) is 43.6 Å². The predicted octanol–water partition coefficient (Wildman–Crippen LogP) is 4.14. The number of nitrogens with zero attached hydrogens (tertiary/aromatic N) is 3. The Morgan fingerprint density at radius 2 is 1.77 bits per heavy atom. The zero-order valence-electron chi connectivity index (χ0n) is 19.4. The lowest BCUT2D eigenvalue weighted by molar-refractivity contribution is -0.138. The van der Waals surface area contributed by atoms with Crippen molar-refractivity contribution in [2.45, 2.75) is 17.5 Å². The van der Waals surface area contributed by atoms with E-state index >= 15 is 0 Å². The van der Waals surface area contributed by atoms with E-state index in [4.69, 9.17) is 4.74 Å². The quantitative estimate of drug-likeness (QED) is 0.397. The van der Waals surface area contributed by atoms with Crippen LogP contribution in [-0.4, -0.2) is 57.6 Å². The molecule has 0 fully saturated rings. The second-order valence-corrected chi connectivity index (χ2v) is 9.65. The van der Waals surface area contributed by atoms with Crippen molar-refractivity contribution in [2.75, 3.05) is 39.6 Å². The Labute approximate surface area is 202 Å². The van der Waals surface area contributed by atoms with Gasteiger partial charge in [0.1, 0.15) is 5.75 Å². The number of halogens is 3. The summed E-state index contributed by atoms with van der Waals surface area (Å²) < 4.78 is 72.3. The average Bonchev–Trinajstić information content (AvgIpc) is 2.81. The summed E-state index contributed by atoms with van der Waals surface area (Å²) in [5.41, 5.74) is 0.124. The third-order valence-electron chi connectivity index (χ3n) is 4.95. The van der Waals surface area contributed by atoms with Crippen molar-refractivity contribution < 1.29 is 26.3 Å². The molecule has 8 nitrogen and oxygen atoms in total. The molecule has 0 saturated carbocycles. The number of nitrogens with one attached hydrogen (secondary N) is 2. The van der Waals surface area contributed by atoms with Crippen LogP contribution in [0.15, 0.2) is 59.6 Å². The highest BCUT2D eigenvalue weighted by atomic mass is 32.2. The van der Waals surface area contributed by atoms with Crippen molar-refractivity contribution in [3.05, 3.63) is 60.3 Å². The zero-order valence-corrected chi connectivity index (χ0v) is 20.2. The first-order chi connectivity index (χ1) is 16.5. The van der Waals surface area contributed by atoms with E-state index in [0.29, 0.717) is 18.7 Å². The second kappa shape index (κ2) is 11.0. The van der Waals surface area contributed by atoms with Crippen LogP contribution < -0.4 is 14.8 Å². The molecule has 0 aliphatic rings. The normalized spacial score (nSPS) is 12.1. The third kappa shape index (κ3) is 7.13. The van der Waals surface area contributed by atoms with Crippen molar-refractivity contribution in [1.29, 1.82) is 0 Å². The van der Waals surface area contributed by atoms with E-state index in [2.05, 4.69) is 20.0 Å². The van der Waals surface area contributed by atoms with Crippen molar-refractivity contribution in [1.82, 2.24) is 19.6 Å². The molecule has 188 valence electrons. The molecule has 0 radical (unpaired) electrons. The average molecular weight is 510 g/mol. The molecule has 0 unspecified atom stereocenters. The monoisotopic (exact) mass is 509 g/mol. The van der Waals surface area contributed by atoms with Gasteiger partial charge < -0.3 is 15.0 Å². The SMILES string of the molecule is COc1ccc(-c2ccnc(Nc3ccc(S(=O)(=O)NCCCN(C)C)cc3)n2)cc1C(F)(F)F. The molecule has 0 saturated heterocycles. The molecule has 0 aliphatic heterocycles. The molecule has 0 amide bonds. The maximum absolute atomic E-state index is 13.4. The van der Waals surface area contributed by atoms with E-state index in [9.17, 15) is 21.6 Å². The highest BCUT2D eigenvalue weighted by molar-refractivity contribution is 7.89. The van der Waals surface area contributed by atoms with Gasteiger partial charge in [-0.25, -0.2) is 23.1 Å². The number of anilines is 2. The van der Waals surface area contributed by atoms with E-state index in [-0.39, 0.29) is 27.9 Å². The van der Waals surface area contributed by atoms with Gasteiger partial charge in [-0.05, 0) is 75.6 Å². The topological polar surface area (TPSA) is 96.4 Å². The molecule has 35 heavy (non-hydrogen) atoms. The van der Waals surface area contributed by atoms with E-state index in [1.807, 2.05) is 19.0 Å². The lowest BCUT2D eigenvalue weighted by Gasteiger charge is -2.13. The summed E-state index contributed by atoms with van der Waals surface area (Å²) in [5, 5.41) is 2.94. The van der Waals surface area contributed by atoms with Gasteiger partial charge >= 0.3 is 6.18 Å². The molecular weight excluding hydrogens is 483 g/mol. The summed E-state index contributed by atoms with van der Waals surface area (Å²) in [6.07, 6.45) is -2.49. The highest BCUT2D eigenvalue weighted by Crippen LogP contribution is 2.38. The minimum Gasteiger partial charge on any atom is -0.496 e. The van der Waals surface area contributed by atoms with Gasteiger partial charge in [-0.2, -0.15) is 13.2 Å². The fraction of sp³-hybridized carbons (Fsp3) is 0.304. The summed E-state index contributed by atoms with van der Waals surface area (Å²) in [6, 6.07) is 11.2. The Morgan fingerprint density at radius 1 is 1.06 bits per heavy atom. The van der Waals surface area contributed by atoms with Crippen molar-refractivity contribution in [2.24, 2.45) is 0 Å². The number of aromatic nitrogens is 2. The number of hydrogen-bond acceptors (Lipinski definition) is 7. The molecule has 0 aliphatic carbocycles. The van der Waals surface area contributed by atoms with Crippen molar-refractivity contribution in [3.63, 3.8) is 0 Å². The maximum Gasteiger partial charge on any atom is 0.419 e. The standard InChI is InChI=1S/C23H26F3N5O3S/c1-31(2)14-4-12-28-35(32,33)18-8-6-17(7-9-18)29-22-27-13-11-20(30-22)16-5-10-21(34-3)19(15-16)23(24,25)26/h5-11,13,15,28H,4,12,14H2,1-3H3,(H,27,29,30). The number of methoxy groups -OCH3 is 1. The Kier molecular flexibility index (Phi) is 8.30. The van der Waals surface area contributed by atoms with E-state index in [0.717, 1.165) is 12.6 Å². The van der Waals surface area contributed by atoms with E-state index in [1.54, 1.807) is 12.1 Å². The molecule has 2 aromatic carbocycles. The number of alkyl halides is 3. The van der Waals surface area contributed by atoms with Gasteiger partial charge in [0.25, 0.3) is 0 Å². The van der Waals surface area contributed by atoms with Crippen LogP contribution in [-0.2, 0) is 16.2 Å². The van der Waals surface area contributed by atoms with Gasteiger partial charge in [-0.15, -0.1) is 0 Å². The van der Waals surface area contributed by atoms with Crippen LogP contribution >= 0.6 is 0 Å². The maximum atomic E-state index is 13.4. The number of ether oxygens (including phenoxy) is 1. The predicted molar refractivity (Wildman–Crippen MR) is 127 cm³/mol. The fourth-order valence-electron chi connectivity index (χ4n) is 3.20. The Hall–Kier alpha value is -3.22. The van der Waals surface area contributed by atoms with Crippen molar-refractivity contribution in [3.8, 4) is 17.0 Å². The van der Waals surface area contributed by atoms with Crippen LogP contribution in [0.3, 0.4) is 0 Å². The summed E-state index contributed by atoms with van der Waals surface area (Å²) in [4.78, 5) is 10.5. The molecule has 1 aromatic heterocycles. The molecule has 3 aromatic rings. The van der Waals surface area contributed by atoms with Crippen molar-refractivity contribution >= 4 is 21.7 Å². The molecule has 3 rings (SSSR count). The van der Waals surface area contributed by atoms with Gasteiger partial charge in [0.15, 0.2) is 0 Å². The second-order valence-electron chi connectivity index (χ2n) is 7.88. The molecular formula is C23H26F3N5O3S. The Morgan fingerprint density at radius 3 is 2.40 bits per heavy atom. The van der Waals surface area contributed by atoms with Gasteiger partial charge in [0.2, 0.25) is 16.0 Å². The van der Waals surface area contributed by atoms with Crippen LogP contribution in [0.25, 0.3) is 11.3 Å². The fourth-order valence-corrected chi connectivity index (χ4v) is 4.27. The molecule has 0 spiro atoms. The first-order valence-electron chi connectivity index (χ1n) is 10.6. The first kappa shape index (κ1) is 26.4. The minimum absolute atomic E-state index is 0.112. The van der Waals surface area contributed by atoms with E-state index < -0.39 is 21.8 Å². The lowest BCUT2D eigenvalue weighted by atomic mass is 10.1. The summed E-state index contributed by atoms with van der Waals surface area (Å²) >= 11 is 0. The smallest absolute Gasteiger partial charge is 0.419 e. The first-order valence-corrected chi connectivity index (χ1v) is 12.1. The van der Waals surface area contributed by atoms with Crippen LogP contribution in [0.2, 0.25) is 0 Å². The minimum atomic E-state index is -4.58. The van der Waals surface area contributed by atoms with Crippen LogP contribution in [0.5, 0.6) is 5.75 Å². The summed E-state index contributed by atoms with van der Waals surface area (Å²) in [5.74, 6) is -0.139. The molecule has 0 bridgehead atoms. The van der Waals surface area contributed by atoms with Gasteiger partial charge in [-0.1, -0.05) is 0 Å². The third-order valence-corrected chi connectivity index (χ3v) is 6.43. The molecule has 1 heterocycles. The van der Waals surface area contributed by atoms with Crippen LogP contribution in [0.1, 0.15) is 12.0 Å². The number of hydrogen-bond donors (Lipinski definition) is 2. The molecule has 12 heteroatoms. The Bertz CT molecular complexity index is 1250. The van der Waals surface area contributed by atoms with Crippen LogP contribution in [0, 0.1) is 0 Å². The largest absolute Gasteiger partial charge is 0.496 e. The van der Waals surface area contributed by atoms with Gasteiger partial charge in [-0.3, -0.25) is 0 Å². The summed E-state index contributed by atoms with van der Waals surface area (Å²) in [7, 11) is 1.36. The van der Waals surface area contributed by atoms with Crippen LogP contribution in [0.4, 0.5) is 24.8 Å². The molecule has 2 N–H and O–H groups in total. The van der Waals surface area contributed by atoms with Gasteiger partial charge in [0, 0.05) is 24.0 Å². The molecule has 0 atom stereocenters. The highest BCUT2D eigenvalue weighted by Gasteiger charge is 2.34. The van der Waals surface area contributed by atoms with Gasteiger partial charge in [0.05, 0.1) is 23.3 Å². The Balaban J connectivity index is 1.74. The summed E-state index contributed by atoms with van der Waals surface area (Å²) in [6.45, 7) is 1.08. The number of benzene rings is 2. The zero-order chi connectivity index (χ0) is 25.6.